The molecule has 4 rings (SSSR count). The molecule has 8 heteroatoms. The molecule has 2 aromatic carbocycles. The molecule has 0 bridgehead atoms. The van der Waals surface area contributed by atoms with Crippen molar-refractivity contribution < 1.29 is 14.3 Å². The minimum atomic E-state index is -0.438. The number of carbonyl (C=O) groups excluding carboxylic acids is 1. The Labute approximate surface area is 179 Å². The Morgan fingerprint density at radius 2 is 1.94 bits per heavy atom. The molecule has 2 heterocycles. The van der Waals surface area contributed by atoms with Crippen molar-refractivity contribution in [2.24, 2.45) is 5.92 Å². The molecule has 0 radical (unpaired) electrons. The molecule has 31 heavy (non-hydrogen) atoms. The average Bonchev–Trinajstić information content (AvgIpc) is 3.09. The fourth-order valence-corrected chi connectivity index (χ4v) is 4.19. The number of fused-ring (bicyclic) bond motifs is 1. The summed E-state index contributed by atoms with van der Waals surface area (Å²) in [4.78, 5) is 27.5. The fourth-order valence-electron chi connectivity index (χ4n) is 4.19. The highest BCUT2D eigenvalue weighted by Gasteiger charge is 2.35. The van der Waals surface area contributed by atoms with Crippen molar-refractivity contribution in [1.29, 1.82) is 0 Å². The number of aromatic nitrogens is 3. The second kappa shape index (κ2) is 8.11. The zero-order valence-electron chi connectivity index (χ0n) is 17.7. The second-order valence-electron chi connectivity index (χ2n) is 8.00. The van der Waals surface area contributed by atoms with E-state index in [-0.39, 0.29) is 41.6 Å². The summed E-state index contributed by atoms with van der Waals surface area (Å²) in [6.07, 6.45) is 0. The van der Waals surface area contributed by atoms with E-state index in [1.807, 2.05) is 13.0 Å². The monoisotopic (exact) mass is 424 g/mol. The van der Waals surface area contributed by atoms with Gasteiger partial charge in [0.25, 0.3) is 5.91 Å². The van der Waals surface area contributed by atoms with Gasteiger partial charge in [0, 0.05) is 24.6 Å². The summed E-state index contributed by atoms with van der Waals surface area (Å²) >= 11 is 0. The SMILES string of the molecule is CCn1c(CO)nn(-c2ccc3c(c2)[C@@H](C(C)C)CN(c2ccccc2F)C3=O)c1=O. The molecule has 1 aliphatic heterocycles. The van der Waals surface area contributed by atoms with Crippen molar-refractivity contribution in [1.82, 2.24) is 14.3 Å². The van der Waals surface area contributed by atoms with Crippen LogP contribution >= 0.6 is 0 Å². The number of hydrogen-bond acceptors (Lipinski definition) is 4. The van der Waals surface area contributed by atoms with Crippen molar-refractivity contribution >= 4 is 11.6 Å². The van der Waals surface area contributed by atoms with Crippen molar-refractivity contribution in [2.45, 2.75) is 39.8 Å². The van der Waals surface area contributed by atoms with Gasteiger partial charge in [-0.25, -0.2) is 9.18 Å². The van der Waals surface area contributed by atoms with Gasteiger partial charge in [-0.15, -0.1) is 5.10 Å². The van der Waals surface area contributed by atoms with Gasteiger partial charge in [-0.1, -0.05) is 26.0 Å². The summed E-state index contributed by atoms with van der Waals surface area (Å²) in [5, 5.41) is 13.8. The molecule has 1 aromatic heterocycles. The number of halogens is 1. The first-order valence-corrected chi connectivity index (χ1v) is 10.4. The third-order valence-corrected chi connectivity index (χ3v) is 5.88. The largest absolute Gasteiger partial charge is 0.388 e. The van der Waals surface area contributed by atoms with Crippen molar-refractivity contribution in [2.75, 3.05) is 11.4 Å². The summed E-state index contributed by atoms with van der Waals surface area (Å²) in [6.45, 7) is 6.31. The van der Waals surface area contributed by atoms with Crippen LogP contribution in [0, 0.1) is 11.7 Å². The Morgan fingerprint density at radius 3 is 2.55 bits per heavy atom. The Kier molecular flexibility index (Phi) is 5.49. The van der Waals surface area contributed by atoms with Crippen LogP contribution in [0.5, 0.6) is 0 Å². The van der Waals surface area contributed by atoms with Crippen molar-refractivity contribution in [3.63, 3.8) is 0 Å². The number of hydrogen-bond donors (Lipinski definition) is 1. The summed E-state index contributed by atoms with van der Waals surface area (Å²) in [7, 11) is 0. The summed E-state index contributed by atoms with van der Waals surface area (Å²) in [5.74, 6) is -0.298. The lowest BCUT2D eigenvalue weighted by Gasteiger charge is -2.36. The van der Waals surface area contributed by atoms with Gasteiger partial charge in [0.1, 0.15) is 12.4 Å². The third-order valence-electron chi connectivity index (χ3n) is 5.88. The predicted molar refractivity (Wildman–Crippen MR) is 115 cm³/mol. The van der Waals surface area contributed by atoms with E-state index in [0.29, 0.717) is 24.3 Å². The average molecular weight is 424 g/mol. The summed E-state index contributed by atoms with van der Waals surface area (Å²) < 4.78 is 17.1. The molecule has 7 nitrogen and oxygen atoms in total. The highest BCUT2D eigenvalue weighted by molar-refractivity contribution is 6.08. The van der Waals surface area contributed by atoms with E-state index in [0.717, 1.165) is 5.56 Å². The predicted octanol–water partition coefficient (Wildman–Crippen LogP) is 3.09. The normalized spacial score (nSPS) is 16.1. The van der Waals surface area contributed by atoms with E-state index in [9.17, 15) is 19.1 Å². The Morgan fingerprint density at radius 1 is 1.19 bits per heavy atom. The van der Waals surface area contributed by atoms with Gasteiger partial charge < -0.3 is 10.0 Å². The molecule has 1 N–H and O–H groups in total. The molecule has 0 saturated carbocycles. The molecular formula is C23H25FN4O3. The van der Waals surface area contributed by atoms with Gasteiger partial charge in [0.15, 0.2) is 5.82 Å². The smallest absolute Gasteiger partial charge is 0.350 e. The molecule has 3 aromatic rings. The molecule has 162 valence electrons. The lowest BCUT2D eigenvalue weighted by molar-refractivity contribution is 0.0972. The molecule has 1 atom stereocenters. The van der Waals surface area contributed by atoms with E-state index in [1.165, 1.54) is 20.2 Å². The first-order valence-electron chi connectivity index (χ1n) is 10.4. The van der Waals surface area contributed by atoms with Gasteiger partial charge in [0.05, 0.1) is 11.4 Å². The first kappa shape index (κ1) is 21.0. The number of anilines is 1. The van der Waals surface area contributed by atoms with E-state index in [2.05, 4.69) is 18.9 Å². The van der Waals surface area contributed by atoms with Crippen LogP contribution in [0.1, 0.15) is 48.4 Å². The molecule has 0 aliphatic carbocycles. The van der Waals surface area contributed by atoms with Crippen LogP contribution in [-0.4, -0.2) is 31.9 Å². The van der Waals surface area contributed by atoms with Crippen LogP contribution in [-0.2, 0) is 13.2 Å². The number of carbonyl (C=O) groups is 1. The Bertz CT molecular complexity index is 1200. The van der Waals surface area contributed by atoms with Crippen molar-refractivity contribution in [3.05, 3.63) is 75.7 Å². The minimum absolute atomic E-state index is 0.0477. The number of nitrogens with zero attached hydrogens (tertiary/aromatic N) is 4. The lowest BCUT2D eigenvalue weighted by atomic mass is 9.81. The Balaban J connectivity index is 1.83. The quantitative estimate of drug-likeness (QED) is 0.683. The maximum Gasteiger partial charge on any atom is 0.350 e. The van der Waals surface area contributed by atoms with E-state index < -0.39 is 5.82 Å². The molecule has 0 saturated heterocycles. The van der Waals surface area contributed by atoms with E-state index in [4.69, 9.17) is 0 Å². The maximum atomic E-state index is 14.4. The first-order chi connectivity index (χ1) is 14.9. The zero-order chi connectivity index (χ0) is 22.3. The fraction of sp³-hybridized carbons (Fsp3) is 0.348. The standard InChI is InChI=1S/C23H25FN4O3/c1-4-26-21(13-29)25-28(23(26)31)15-9-10-16-17(11-15)18(14(2)3)12-27(22(16)30)20-8-6-5-7-19(20)24/h5-11,14,18,29H,4,12-13H2,1-3H3/t18-/m1/s1. The number of para-hydroxylation sites is 1. The number of amides is 1. The van der Waals surface area contributed by atoms with Crippen LogP contribution in [0.25, 0.3) is 5.69 Å². The number of aliphatic hydroxyl groups excluding tert-OH is 1. The van der Waals surface area contributed by atoms with Gasteiger partial charge in [-0.05, 0) is 48.7 Å². The van der Waals surface area contributed by atoms with Crippen LogP contribution in [0.2, 0.25) is 0 Å². The van der Waals surface area contributed by atoms with Gasteiger partial charge >= 0.3 is 5.69 Å². The zero-order valence-corrected chi connectivity index (χ0v) is 17.7. The molecule has 0 fully saturated rings. The second-order valence-corrected chi connectivity index (χ2v) is 8.00. The van der Waals surface area contributed by atoms with Crippen LogP contribution in [0.4, 0.5) is 10.1 Å². The van der Waals surface area contributed by atoms with Crippen molar-refractivity contribution in [3.8, 4) is 5.69 Å². The van der Waals surface area contributed by atoms with Crippen LogP contribution in [0.3, 0.4) is 0 Å². The van der Waals surface area contributed by atoms with Crippen LogP contribution < -0.4 is 10.6 Å². The van der Waals surface area contributed by atoms with Crippen LogP contribution in [0.15, 0.2) is 47.3 Å². The number of aliphatic hydroxyl groups is 1. The van der Waals surface area contributed by atoms with Gasteiger partial charge in [-0.2, -0.15) is 4.68 Å². The molecule has 0 spiro atoms. The summed E-state index contributed by atoms with van der Waals surface area (Å²) in [6, 6.07) is 11.4. The van der Waals surface area contributed by atoms with E-state index >= 15 is 0 Å². The van der Waals surface area contributed by atoms with E-state index in [1.54, 1.807) is 30.3 Å². The minimum Gasteiger partial charge on any atom is -0.388 e. The molecular weight excluding hydrogens is 399 g/mol. The van der Waals surface area contributed by atoms with Gasteiger partial charge in [-0.3, -0.25) is 9.36 Å². The lowest BCUT2D eigenvalue weighted by Crippen LogP contribution is -2.42. The third kappa shape index (κ3) is 3.46. The molecule has 1 aliphatic rings. The Hall–Kier alpha value is -3.26. The number of benzene rings is 2. The highest BCUT2D eigenvalue weighted by Crippen LogP contribution is 2.37. The topological polar surface area (TPSA) is 80.4 Å². The van der Waals surface area contributed by atoms with Gasteiger partial charge in [0.2, 0.25) is 0 Å². The number of rotatable bonds is 5. The summed E-state index contributed by atoms with van der Waals surface area (Å²) in [5.41, 5.74) is 1.75. The highest BCUT2D eigenvalue weighted by atomic mass is 19.1. The maximum absolute atomic E-state index is 14.4. The molecule has 1 amide bonds. The molecule has 0 unspecified atom stereocenters.